The van der Waals surface area contributed by atoms with Gasteiger partial charge in [0.25, 0.3) is 11.1 Å². The number of imide groups is 1. The highest BCUT2D eigenvalue weighted by Gasteiger charge is 2.35. The maximum Gasteiger partial charge on any atom is 0.293 e. The first-order valence-electron chi connectivity index (χ1n) is 6.89. The van der Waals surface area contributed by atoms with Crippen molar-refractivity contribution < 1.29 is 14.0 Å². The summed E-state index contributed by atoms with van der Waals surface area (Å²) in [5.74, 6) is -0.930. The van der Waals surface area contributed by atoms with Gasteiger partial charge < -0.3 is 0 Å². The third kappa shape index (κ3) is 3.48. The van der Waals surface area contributed by atoms with Gasteiger partial charge in [-0.3, -0.25) is 14.5 Å². The minimum absolute atomic E-state index is 0.108. The lowest BCUT2D eigenvalue weighted by Crippen LogP contribution is -2.27. The third-order valence-corrected chi connectivity index (χ3v) is 4.88. The van der Waals surface area contributed by atoms with Gasteiger partial charge in [-0.05, 0) is 41.6 Å². The van der Waals surface area contributed by atoms with E-state index in [1.807, 2.05) is 0 Å². The SMILES string of the molecule is O=C1S/C(=C/c2ccc(Cl)cc2Cl)C(=O)N1Cc1ccccc1F. The molecule has 122 valence electrons. The summed E-state index contributed by atoms with van der Waals surface area (Å²) in [6, 6.07) is 10.9. The lowest BCUT2D eigenvalue weighted by Gasteiger charge is -2.12. The summed E-state index contributed by atoms with van der Waals surface area (Å²) >= 11 is 12.7. The van der Waals surface area contributed by atoms with Crippen LogP contribution >= 0.6 is 35.0 Å². The van der Waals surface area contributed by atoms with Crippen LogP contribution in [0, 0.1) is 5.82 Å². The molecule has 1 aliphatic rings. The molecule has 0 N–H and O–H groups in total. The molecule has 0 aromatic heterocycles. The van der Waals surface area contributed by atoms with Gasteiger partial charge in [0, 0.05) is 15.6 Å². The fourth-order valence-corrected chi connectivity index (χ4v) is 3.49. The van der Waals surface area contributed by atoms with Crippen molar-refractivity contribution in [3.05, 3.63) is 74.4 Å². The molecule has 0 bridgehead atoms. The monoisotopic (exact) mass is 381 g/mol. The molecular weight excluding hydrogens is 372 g/mol. The minimum atomic E-state index is -0.473. The van der Waals surface area contributed by atoms with E-state index in [9.17, 15) is 14.0 Å². The summed E-state index contributed by atoms with van der Waals surface area (Å²) in [7, 11) is 0. The van der Waals surface area contributed by atoms with Crippen LogP contribution in [-0.4, -0.2) is 16.0 Å². The van der Waals surface area contributed by atoms with Gasteiger partial charge in [-0.25, -0.2) is 4.39 Å². The van der Waals surface area contributed by atoms with Crippen LogP contribution in [0.1, 0.15) is 11.1 Å². The fourth-order valence-electron chi connectivity index (χ4n) is 2.19. The van der Waals surface area contributed by atoms with E-state index in [4.69, 9.17) is 23.2 Å². The Balaban J connectivity index is 1.86. The first kappa shape index (κ1) is 17.0. The van der Waals surface area contributed by atoms with Crippen molar-refractivity contribution in [3.8, 4) is 0 Å². The molecule has 0 radical (unpaired) electrons. The van der Waals surface area contributed by atoms with Gasteiger partial charge in [0.1, 0.15) is 5.82 Å². The molecule has 0 spiro atoms. The highest BCUT2D eigenvalue weighted by molar-refractivity contribution is 8.18. The van der Waals surface area contributed by atoms with E-state index in [-0.39, 0.29) is 17.0 Å². The molecule has 24 heavy (non-hydrogen) atoms. The Bertz CT molecular complexity index is 869. The highest BCUT2D eigenvalue weighted by Crippen LogP contribution is 2.35. The van der Waals surface area contributed by atoms with Gasteiger partial charge in [-0.2, -0.15) is 0 Å². The first-order valence-corrected chi connectivity index (χ1v) is 8.47. The lowest BCUT2D eigenvalue weighted by molar-refractivity contribution is -0.123. The average molecular weight is 382 g/mol. The Labute approximate surface area is 152 Å². The van der Waals surface area contributed by atoms with Crippen LogP contribution in [0.3, 0.4) is 0 Å². The molecule has 2 aromatic rings. The number of rotatable bonds is 3. The molecule has 0 saturated carbocycles. The maximum atomic E-state index is 13.7. The van der Waals surface area contributed by atoms with Crippen molar-refractivity contribution >= 4 is 52.2 Å². The Morgan fingerprint density at radius 2 is 1.88 bits per heavy atom. The smallest absolute Gasteiger partial charge is 0.268 e. The zero-order valence-electron chi connectivity index (χ0n) is 12.1. The molecule has 1 heterocycles. The summed E-state index contributed by atoms with van der Waals surface area (Å²) in [5.41, 5.74) is 0.864. The second kappa shape index (κ2) is 6.97. The molecule has 2 amide bonds. The van der Waals surface area contributed by atoms with E-state index in [2.05, 4.69) is 0 Å². The van der Waals surface area contributed by atoms with E-state index >= 15 is 0 Å². The van der Waals surface area contributed by atoms with Crippen LogP contribution in [0.25, 0.3) is 6.08 Å². The van der Waals surface area contributed by atoms with E-state index in [0.717, 1.165) is 16.7 Å². The Morgan fingerprint density at radius 1 is 1.12 bits per heavy atom. The number of halogens is 3. The van der Waals surface area contributed by atoms with Crippen LogP contribution in [0.4, 0.5) is 9.18 Å². The van der Waals surface area contributed by atoms with Gasteiger partial charge >= 0.3 is 0 Å². The largest absolute Gasteiger partial charge is 0.293 e. The molecule has 1 aliphatic heterocycles. The Morgan fingerprint density at radius 3 is 2.58 bits per heavy atom. The van der Waals surface area contributed by atoms with Crippen LogP contribution in [0.15, 0.2) is 47.4 Å². The van der Waals surface area contributed by atoms with Crippen molar-refractivity contribution in [1.29, 1.82) is 0 Å². The standard InChI is InChI=1S/C17H10Cl2FNO2S/c18-12-6-5-10(13(19)8-12)7-15-16(22)21(17(23)24-15)9-11-3-1-2-4-14(11)20/h1-8H,9H2/b15-7+. The molecule has 3 rings (SSSR count). The number of carbonyl (C=O) groups is 2. The van der Waals surface area contributed by atoms with E-state index < -0.39 is 17.0 Å². The number of benzene rings is 2. The van der Waals surface area contributed by atoms with Crippen molar-refractivity contribution in [1.82, 2.24) is 4.90 Å². The minimum Gasteiger partial charge on any atom is -0.268 e. The van der Waals surface area contributed by atoms with Crippen LogP contribution in [-0.2, 0) is 11.3 Å². The second-order valence-corrected chi connectivity index (χ2v) is 6.86. The number of amides is 2. The zero-order chi connectivity index (χ0) is 17.3. The maximum absolute atomic E-state index is 13.7. The zero-order valence-corrected chi connectivity index (χ0v) is 14.5. The predicted molar refractivity (Wildman–Crippen MR) is 94.4 cm³/mol. The predicted octanol–water partition coefficient (Wildman–Crippen LogP) is 5.37. The van der Waals surface area contributed by atoms with E-state index in [1.165, 1.54) is 12.1 Å². The summed E-state index contributed by atoms with van der Waals surface area (Å²) in [6.45, 7) is -0.108. The van der Waals surface area contributed by atoms with Gasteiger partial charge in [0.05, 0.1) is 11.4 Å². The molecule has 1 saturated heterocycles. The van der Waals surface area contributed by atoms with Crippen LogP contribution in [0.5, 0.6) is 0 Å². The lowest BCUT2D eigenvalue weighted by atomic mass is 10.2. The molecule has 2 aromatic carbocycles. The summed E-state index contributed by atoms with van der Waals surface area (Å²) in [6.07, 6.45) is 1.53. The van der Waals surface area contributed by atoms with Crippen LogP contribution in [0.2, 0.25) is 10.0 Å². The highest BCUT2D eigenvalue weighted by atomic mass is 35.5. The quantitative estimate of drug-likeness (QED) is 0.670. The van der Waals surface area contributed by atoms with Crippen LogP contribution < -0.4 is 0 Å². The molecule has 0 atom stereocenters. The molecule has 0 unspecified atom stereocenters. The Kier molecular flexibility index (Phi) is 4.94. The number of hydrogen-bond donors (Lipinski definition) is 0. The second-order valence-electron chi connectivity index (χ2n) is 5.03. The number of carbonyl (C=O) groups excluding carboxylic acids is 2. The first-order chi connectivity index (χ1) is 11.5. The average Bonchev–Trinajstić information content (AvgIpc) is 2.79. The molecule has 1 fully saturated rings. The summed E-state index contributed by atoms with van der Waals surface area (Å²) < 4.78 is 13.7. The summed E-state index contributed by atoms with van der Waals surface area (Å²) in [5, 5.41) is 0.410. The Hall–Kier alpha value is -1.82. The number of thioether (sulfide) groups is 1. The van der Waals surface area contributed by atoms with E-state index in [0.29, 0.717) is 15.6 Å². The number of hydrogen-bond acceptors (Lipinski definition) is 3. The third-order valence-electron chi connectivity index (χ3n) is 3.41. The topological polar surface area (TPSA) is 37.4 Å². The van der Waals surface area contributed by atoms with Gasteiger partial charge in [-0.1, -0.05) is 47.5 Å². The van der Waals surface area contributed by atoms with Crippen molar-refractivity contribution in [2.45, 2.75) is 6.54 Å². The normalized spacial score (nSPS) is 16.3. The van der Waals surface area contributed by atoms with Gasteiger partial charge in [0.2, 0.25) is 0 Å². The van der Waals surface area contributed by atoms with Gasteiger partial charge in [0.15, 0.2) is 0 Å². The molecule has 0 aliphatic carbocycles. The van der Waals surface area contributed by atoms with Gasteiger partial charge in [-0.15, -0.1) is 0 Å². The van der Waals surface area contributed by atoms with E-state index in [1.54, 1.807) is 36.4 Å². The molecule has 7 heteroatoms. The fraction of sp³-hybridized carbons (Fsp3) is 0.0588. The van der Waals surface area contributed by atoms with Crippen molar-refractivity contribution in [3.63, 3.8) is 0 Å². The molecular formula is C17H10Cl2FNO2S. The van der Waals surface area contributed by atoms with Crippen molar-refractivity contribution in [2.75, 3.05) is 0 Å². The molecule has 3 nitrogen and oxygen atoms in total. The summed E-state index contributed by atoms with van der Waals surface area (Å²) in [4.78, 5) is 25.8. The number of nitrogens with zero attached hydrogens (tertiary/aromatic N) is 1. The van der Waals surface area contributed by atoms with Crippen molar-refractivity contribution in [2.24, 2.45) is 0 Å².